The molecular formula is C36H18O6S6. The first-order valence-electron chi connectivity index (χ1n) is 14.1. The van der Waals surface area contributed by atoms with Gasteiger partial charge in [-0.25, -0.2) is 0 Å². The minimum absolute atomic E-state index is 0.515. The van der Waals surface area contributed by atoms with Crippen molar-refractivity contribution >= 4 is 106 Å². The highest BCUT2D eigenvalue weighted by Gasteiger charge is 2.32. The summed E-state index contributed by atoms with van der Waals surface area (Å²) in [4.78, 5) is 79.8. The van der Waals surface area contributed by atoms with Gasteiger partial charge < -0.3 is 0 Å². The first-order valence-corrected chi connectivity index (χ1v) is 19.0. The Kier molecular flexibility index (Phi) is 9.01. The van der Waals surface area contributed by atoms with E-state index in [1.165, 1.54) is 68.0 Å². The maximum Gasteiger partial charge on any atom is 0.160 e. The Morgan fingerprint density at radius 1 is 0.250 bits per heavy atom. The van der Waals surface area contributed by atoms with Crippen molar-refractivity contribution in [2.75, 3.05) is 0 Å². The first-order chi connectivity index (χ1) is 23.5. The zero-order chi connectivity index (χ0) is 33.4. The molecule has 0 unspecified atom stereocenters. The first kappa shape index (κ1) is 32.0. The summed E-state index contributed by atoms with van der Waals surface area (Å²) < 4.78 is 0. The highest BCUT2D eigenvalue weighted by Crippen LogP contribution is 2.59. The van der Waals surface area contributed by atoms with E-state index in [0.29, 0.717) is 29.3 Å². The van der Waals surface area contributed by atoms with Gasteiger partial charge in [0.25, 0.3) is 0 Å². The summed E-state index contributed by atoms with van der Waals surface area (Å²) in [5.41, 5.74) is 4.64. The van der Waals surface area contributed by atoms with Gasteiger partial charge in [-0.1, -0.05) is 0 Å². The fraction of sp³-hybridized carbons (Fsp3) is 0. The molecule has 48 heavy (non-hydrogen) atoms. The third-order valence-electron chi connectivity index (χ3n) is 7.44. The SMILES string of the molecule is O=Cc1ccc(-c2c(-c3ccc(C=O)s3)c(-c3ccc(C=O)s3)c(-c3ccc(C=O)s3)c(-c3ccc(C=O)s3)c2-c2ccc(C=O)s2)s1. The van der Waals surface area contributed by atoms with Gasteiger partial charge in [0.2, 0.25) is 0 Å². The molecule has 0 fully saturated rings. The van der Waals surface area contributed by atoms with Crippen LogP contribution in [0.3, 0.4) is 0 Å². The predicted octanol–water partition coefficient (Wildman–Crippen LogP) is 10.9. The maximum absolute atomic E-state index is 12.0. The van der Waals surface area contributed by atoms with Crippen LogP contribution in [0.1, 0.15) is 58.0 Å². The van der Waals surface area contributed by atoms with E-state index >= 15 is 0 Å². The number of hydrogen-bond donors (Lipinski definition) is 0. The van der Waals surface area contributed by atoms with Gasteiger partial charge in [0.05, 0.1) is 29.3 Å². The number of carbonyl (C=O) groups excluding carboxylic acids is 6. The molecule has 0 aliphatic heterocycles. The number of thiophene rings is 6. The highest BCUT2D eigenvalue weighted by molar-refractivity contribution is 7.21. The normalized spacial score (nSPS) is 11.0. The number of aldehydes is 6. The van der Waals surface area contributed by atoms with Crippen LogP contribution < -0.4 is 0 Å². The topological polar surface area (TPSA) is 102 Å². The van der Waals surface area contributed by atoms with Crippen LogP contribution in [0.4, 0.5) is 0 Å². The van der Waals surface area contributed by atoms with Crippen LogP contribution in [-0.4, -0.2) is 37.7 Å². The van der Waals surface area contributed by atoms with Crippen LogP contribution in [0.25, 0.3) is 62.6 Å². The van der Waals surface area contributed by atoms with Crippen molar-refractivity contribution in [1.29, 1.82) is 0 Å². The van der Waals surface area contributed by atoms with E-state index in [0.717, 1.165) is 100 Å². The summed E-state index contributed by atoms with van der Waals surface area (Å²) in [6.45, 7) is 0. The van der Waals surface area contributed by atoms with Crippen molar-refractivity contribution in [3.63, 3.8) is 0 Å². The molecule has 7 rings (SSSR count). The molecule has 0 spiro atoms. The van der Waals surface area contributed by atoms with E-state index in [1.807, 2.05) is 36.4 Å². The second kappa shape index (κ2) is 13.5. The number of hydrogen-bond acceptors (Lipinski definition) is 12. The Morgan fingerprint density at radius 2 is 0.396 bits per heavy atom. The lowest BCUT2D eigenvalue weighted by Crippen LogP contribution is -1.98. The second-order valence-corrected chi connectivity index (χ2v) is 16.9. The second-order valence-electron chi connectivity index (χ2n) is 10.2. The summed E-state index contributed by atoms with van der Waals surface area (Å²) in [7, 11) is 0. The predicted molar refractivity (Wildman–Crippen MR) is 199 cm³/mol. The van der Waals surface area contributed by atoms with Gasteiger partial charge in [0.15, 0.2) is 37.7 Å². The van der Waals surface area contributed by atoms with Gasteiger partial charge in [-0.3, -0.25) is 28.8 Å². The molecule has 0 amide bonds. The molecule has 6 aromatic heterocycles. The lowest BCUT2D eigenvalue weighted by Gasteiger charge is -2.25. The molecule has 1 aromatic carbocycles. The van der Waals surface area contributed by atoms with Crippen LogP contribution in [0, 0.1) is 0 Å². The third-order valence-corrected chi connectivity index (χ3v) is 13.6. The van der Waals surface area contributed by atoms with Crippen molar-refractivity contribution in [2.24, 2.45) is 0 Å². The molecule has 0 bridgehead atoms. The lowest BCUT2D eigenvalue weighted by atomic mass is 9.82. The zero-order valence-corrected chi connectivity index (χ0v) is 29.2. The largest absolute Gasteiger partial charge is 0.297 e. The van der Waals surface area contributed by atoms with Gasteiger partial charge in [-0.05, 0) is 72.8 Å². The van der Waals surface area contributed by atoms with Crippen LogP contribution in [0.2, 0.25) is 0 Å². The average molecular weight is 739 g/mol. The van der Waals surface area contributed by atoms with Crippen molar-refractivity contribution in [1.82, 2.24) is 0 Å². The van der Waals surface area contributed by atoms with Crippen LogP contribution in [0.5, 0.6) is 0 Å². The van der Waals surface area contributed by atoms with E-state index in [2.05, 4.69) is 0 Å². The minimum Gasteiger partial charge on any atom is -0.297 e. The van der Waals surface area contributed by atoms with Gasteiger partial charge in [0, 0.05) is 62.6 Å². The molecule has 6 nitrogen and oxygen atoms in total. The smallest absolute Gasteiger partial charge is 0.160 e. The minimum atomic E-state index is 0.515. The molecule has 0 radical (unpaired) electrons. The molecule has 0 atom stereocenters. The highest BCUT2D eigenvalue weighted by atomic mass is 32.1. The Hall–Kier alpha value is -4.56. The van der Waals surface area contributed by atoms with E-state index in [4.69, 9.17) is 0 Å². The van der Waals surface area contributed by atoms with Gasteiger partial charge >= 0.3 is 0 Å². The summed E-state index contributed by atoms with van der Waals surface area (Å²) in [5, 5.41) is 0. The maximum atomic E-state index is 12.0. The zero-order valence-electron chi connectivity index (χ0n) is 24.3. The number of benzene rings is 1. The molecule has 234 valence electrons. The lowest BCUT2D eigenvalue weighted by molar-refractivity contribution is 0.111. The molecule has 0 aliphatic carbocycles. The third kappa shape index (κ3) is 5.66. The van der Waals surface area contributed by atoms with E-state index in [1.54, 1.807) is 36.4 Å². The number of rotatable bonds is 12. The molecule has 0 saturated heterocycles. The van der Waals surface area contributed by atoms with Gasteiger partial charge in [-0.15, -0.1) is 68.0 Å². The summed E-state index contributed by atoms with van der Waals surface area (Å²) in [5.74, 6) is 0. The summed E-state index contributed by atoms with van der Waals surface area (Å²) in [6.07, 6.45) is 4.79. The van der Waals surface area contributed by atoms with Crippen LogP contribution >= 0.6 is 68.0 Å². The molecule has 12 heteroatoms. The van der Waals surface area contributed by atoms with Crippen molar-refractivity contribution in [3.8, 4) is 62.6 Å². The monoisotopic (exact) mass is 738 g/mol. The quantitative estimate of drug-likeness (QED) is 0.116. The fourth-order valence-electron chi connectivity index (χ4n) is 5.53. The number of carbonyl (C=O) groups is 6. The molecular weight excluding hydrogens is 721 g/mol. The molecule has 0 N–H and O–H groups in total. The molecule has 0 aliphatic rings. The Balaban J connectivity index is 1.80. The van der Waals surface area contributed by atoms with Crippen molar-refractivity contribution < 1.29 is 28.8 Å². The molecule has 7 aromatic rings. The van der Waals surface area contributed by atoms with Crippen LogP contribution in [0.15, 0.2) is 72.8 Å². The standard InChI is InChI=1S/C36H18O6S6/c37-13-19-1-7-25(43-19)31-32(26-8-2-20(14-38)44-26)34(28-10-4-22(16-40)46-28)36(30-12-6-24(18-42)48-30)35(29-11-5-23(17-41)47-29)33(31)27-9-3-21(15-39)45-27/h1-18H. The Labute approximate surface area is 297 Å². The molecule has 6 heterocycles. The Morgan fingerprint density at radius 3 is 0.500 bits per heavy atom. The fourth-order valence-corrected chi connectivity index (χ4v) is 10.8. The average Bonchev–Trinajstić information content (AvgIpc) is 3.97. The van der Waals surface area contributed by atoms with Gasteiger partial charge in [0.1, 0.15) is 0 Å². The molecule has 0 saturated carbocycles. The van der Waals surface area contributed by atoms with Crippen molar-refractivity contribution in [3.05, 3.63) is 102 Å². The van der Waals surface area contributed by atoms with Crippen LogP contribution in [-0.2, 0) is 0 Å². The summed E-state index contributed by atoms with van der Waals surface area (Å²) in [6, 6.07) is 21.9. The van der Waals surface area contributed by atoms with E-state index in [9.17, 15) is 28.8 Å². The Bertz CT molecular complexity index is 1940. The van der Waals surface area contributed by atoms with Gasteiger partial charge in [-0.2, -0.15) is 0 Å². The van der Waals surface area contributed by atoms with E-state index < -0.39 is 0 Å². The summed E-state index contributed by atoms with van der Waals surface area (Å²) >= 11 is 7.91. The van der Waals surface area contributed by atoms with E-state index in [-0.39, 0.29) is 0 Å². The van der Waals surface area contributed by atoms with Crippen molar-refractivity contribution in [2.45, 2.75) is 0 Å².